The Balaban J connectivity index is 0.000000127. The SMILES string of the molecule is I/C=C1/CSc2nc3[nH]c4ccccc4c3n[n+]21.I/C=C1/CSc2nc3[nH]c4ccccc4c3n[n+]21.I/C=C1/CSc2nc3[nH]c4ccccc4c3n[n+]21.[I-].[I-].[I-]. The summed E-state index contributed by atoms with van der Waals surface area (Å²) in [5, 5.41) is 20.4. The summed E-state index contributed by atoms with van der Waals surface area (Å²) >= 11 is 11.9. The van der Waals surface area contributed by atoms with Crippen molar-refractivity contribution in [2.45, 2.75) is 15.5 Å². The lowest BCUT2D eigenvalue weighted by Gasteiger charge is -1.92. The Labute approximate surface area is 429 Å². The zero-order valence-electron chi connectivity index (χ0n) is 28.8. The van der Waals surface area contributed by atoms with E-state index < -0.39 is 0 Å². The molecule has 0 unspecified atom stereocenters. The van der Waals surface area contributed by atoms with Gasteiger partial charge < -0.3 is 86.9 Å². The quantitative estimate of drug-likeness (QED) is 0.132. The number of rotatable bonds is 0. The Kier molecular flexibility index (Phi) is 14.4. The molecule has 0 atom stereocenters. The molecule has 12 rings (SSSR count). The Bertz CT molecular complexity index is 2760. The number of halogens is 6. The van der Waals surface area contributed by atoms with Crippen molar-refractivity contribution >= 4 is 186 Å². The van der Waals surface area contributed by atoms with Gasteiger partial charge in [-0.1, -0.05) is 83.9 Å². The maximum Gasteiger partial charge on any atom is 0.387 e. The summed E-state index contributed by atoms with van der Waals surface area (Å²) < 4.78 is 12.0. The molecule has 21 heteroatoms. The van der Waals surface area contributed by atoms with E-state index in [4.69, 9.17) is 15.3 Å². The van der Waals surface area contributed by atoms with Gasteiger partial charge in [0.1, 0.15) is 0 Å². The fourth-order valence-corrected chi connectivity index (χ4v) is 11.5. The lowest BCUT2D eigenvalue weighted by Crippen LogP contribution is -3.00. The van der Waals surface area contributed by atoms with E-state index in [1.807, 2.05) is 50.4 Å². The highest BCUT2D eigenvalue weighted by atomic mass is 127. The van der Waals surface area contributed by atoms with Crippen LogP contribution in [0.5, 0.6) is 0 Å². The molecule has 6 aromatic heterocycles. The smallest absolute Gasteiger partial charge is 0.387 e. The minimum Gasteiger partial charge on any atom is -1.00 e. The van der Waals surface area contributed by atoms with Crippen molar-refractivity contribution in [3.05, 3.63) is 85.0 Å². The molecule has 3 aliphatic rings. The van der Waals surface area contributed by atoms with Gasteiger partial charge >= 0.3 is 15.5 Å². The summed E-state index contributed by atoms with van der Waals surface area (Å²) in [4.78, 5) is 23.9. The third-order valence-corrected chi connectivity index (χ3v) is 14.0. The normalized spacial score (nSPS) is 15.9. The van der Waals surface area contributed by atoms with Gasteiger partial charge in [-0.25, -0.2) is 0 Å². The summed E-state index contributed by atoms with van der Waals surface area (Å²) in [6.45, 7) is 0. The predicted octanol–water partition coefficient (Wildman–Crippen LogP) is -0.775. The zero-order valence-corrected chi connectivity index (χ0v) is 44.2. The number of nitrogens with zero attached hydrogens (tertiary/aromatic N) is 9. The molecule has 0 fully saturated rings. The van der Waals surface area contributed by atoms with Gasteiger partial charge in [-0.15, -0.1) is 0 Å². The summed E-state index contributed by atoms with van der Waals surface area (Å²) in [5.74, 6) is 2.81. The van der Waals surface area contributed by atoms with Crippen LogP contribution in [-0.4, -0.2) is 62.5 Å². The van der Waals surface area contributed by atoms with Gasteiger partial charge in [-0.2, -0.15) is 0 Å². The van der Waals surface area contributed by atoms with Crippen molar-refractivity contribution in [1.82, 2.24) is 45.2 Å². The van der Waals surface area contributed by atoms with E-state index in [0.717, 1.165) is 98.9 Å². The topological polar surface area (TPSA) is 136 Å². The second-order valence-electron chi connectivity index (χ2n) is 12.2. The van der Waals surface area contributed by atoms with Crippen molar-refractivity contribution in [1.29, 1.82) is 0 Å². The summed E-state index contributed by atoms with van der Waals surface area (Å²) in [6, 6.07) is 24.5. The summed E-state index contributed by atoms with van der Waals surface area (Å²) in [6.07, 6.45) is 0. The number of thioether (sulfide) groups is 3. The standard InChI is InChI=1S/3C12H7IN4S.3HI/c3*13-5-7-6-18-12-15-11-10(16-17(7)12)8-3-1-2-4-9(8)14-11;;;/h3*1-5H,6H2;3*1H/b3*7-5-;;;. The predicted molar refractivity (Wildman–Crippen MR) is 242 cm³/mol. The molecule has 3 aromatic carbocycles. The van der Waals surface area contributed by atoms with Crippen LogP contribution >= 0.6 is 103 Å². The number of H-pyrrole nitrogens is 3. The first-order valence-electron chi connectivity index (χ1n) is 16.5. The first-order chi connectivity index (χ1) is 26.6. The van der Waals surface area contributed by atoms with E-state index in [-0.39, 0.29) is 71.9 Å². The third-order valence-electron chi connectivity index (χ3n) is 8.99. The fraction of sp³-hybridized carbons (Fsp3) is 0.0833. The van der Waals surface area contributed by atoms with Gasteiger partial charge in [0.25, 0.3) is 16.9 Å². The van der Waals surface area contributed by atoms with Gasteiger partial charge in [-0.3, -0.25) is 0 Å². The van der Waals surface area contributed by atoms with Crippen LogP contribution in [0.2, 0.25) is 0 Å². The van der Waals surface area contributed by atoms with E-state index in [2.05, 4.69) is 146 Å². The molecule has 0 radical (unpaired) electrons. The molecule has 57 heavy (non-hydrogen) atoms. The number of nitrogens with one attached hydrogen (secondary N) is 3. The Morgan fingerprint density at radius 1 is 0.456 bits per heavy atom. The molecule has 0 spiro atoms. The number of hydrogen-bond donors (Lipinski definition) is 3. The van der Waals surface area contributed by atoms with E-state index in [1.54, 1.807) is 35.3 Å². The van der Waals surface area contributed by atoms with Crippen molar-refractivity contribution < 1.29 is 86.0 Å². The van der Waals surface area contributed by atoms with Crippen LogP contribution in [0, 0.1) is 0 Å². The Morgan fingerprint density at radius 2 is 0.737 bits per heavy atom. The number of aromatic nitrogens is 12. The summed E-state index contributed by atoms with van der Waals surface area (Å²) in [7, 11) is 0. The number of benzene rings is 3. The van der Waals surface area contributed by atoms with E-state index in [0.29, 0.717) is 0 Å². The molecular formula is C36H24I6N12S3. The first kappa shape index (κ1) is 43.8. The zero-order chi connectivity index (χ0) is 36.3. The summed E-state index contributed by atoms with van der Waals surface area (Å²) in [5.41, 5.74) is 12.2. The highest BCUT2D eigenvalue weighted by molar-refractivity contribution is 14.1. The molecule has 9 aromatic rings. The Morgan fingerprint density at radius 3 is 1.02 bits per heavy atom. The number of fused-ring (bicyclic) bond motifs is 12. The van der Waals surface area contributed by atoms with Gasteiger partial charge in [-0.05, 0) is 136 Å². The maximum absolute atomic E-state index is 4.73. The van der Waals surface area contributed by atoms with Gasteiger partial charge in [0, 0.05) is 28.4 Å². The highest BCUT2D eigenvalue weighted by Crippen LogP contribution is 2.30. The van der Waals surface area contributed by atoms with Crippen molar-refractivity contribution in [2.24, 2.45) is 0 Å². The average molecular weight is 1480 g/mol. The van der Waals surface area contributed by atoms with E-state index in [9.17, 15) is 0 Å². The maximum atomic E-state index is 4.73. The van der Waals surface area contributed by atoms with Crippen molar-refractivity contribution in [3.63, 3.8) is 0 Å². The second kappa shape index (κ2) is 18.8. The van der Waals surface area contributed by atoms with E-state index >= 15 is 0 Å². The number of aromatic amines is 3. The molecule has 0 saturated carbocycles. The van der Waals surface area contributed by atoms with Gasteiger partial charge in [0.05, 0.1) is 33.8 Å². The second-order valence-corrected chi connectivity index (χ2v) is 16.9. The van der Waals surface area contributed by atoms with Crippen LogP contribution in [0.4, 0.5) is 0 Å². The average Bonchev–Trinajstić information content (AvgIpc) is 4.07. The molecule has 0 amide bonds. The molecule has 3 aliphatic heterocycles. The highest BCUT2D eigenvalue weighted by Gasteiger charge is 2.32. The van der Waals surface area contributed by atoms with Gasteiger partial charge in [0.2, 0.25) is 0 Å². The lowest BCUT2D eigenvalue weighted by atomic mass is 10.2. The first-order valence-corrected chi connectivity index (χ1v) is 23.2. The van der Waals surface area contributed by atoms with Crippen LogP contribution < -0.4 is 86.0 Å². The molecule has 0 bridgehead atoms. The Hall–Kier alpha value is -1.26. The fourth-order valence-electron chi connectivity index (χ4n) is 6.42. The third kappa shape index (κ3) is 8.14. The number of hydrogen-bond acceptors (Lipinski definition) is 9. The van der Waals surface area contributed by atoms with Crippen molar-refractivity contribution in [3.8, 4) is 0 Å². The molecule has 0 saturated heterocycles. The van der Waals surface area contributed by atoms with Gasteiger partial charge in [0.15, 0.2) is 33.6 Å². The van der Waals surface area contributed by atoms with E-state index in [1.165, 1.54) is 17.1 Å². The molecular weight excluding hydrogens is 1460 g/mol. The monoisotopic (exact) mass is 1480 g/mol. The van der Waals surface area contributed by atoms with Crippen LogP contribution in [0.25, 0.3) is 83.3 Å². The minimum absolute atomic E-state index is 0. The van der Waals surface area contributed by atoms with Crippen molar-refractivity contribution in [2.75, 3.05) is 17.3 Å². The molecule has 3 N–H and O–H groups in total. The largest absolute Gasteiger partial charge is 1.00 e. The van der Waals surface area contributed by atoms with Crippen LogP contribution in [0.1, 0.15) is 0 Å². The molecule has 288 valence electrons. The van der Waals surface area contributed by atoms with Crippen LogP contribution in [0.15, 0.2) is 101 Å². The molecule has 9 heterocycles. The lowest BCUT2D eigenvalue weighted by molar-refractivity contribution is -0.682. The molecule has 0 aliphatic carbocycles. The molecule has 12 nitrogen and oxygen atoms in total. The minimum atomic E-state index is 0. The number of para-hydroxylation sites is 3. The van der Waals surface area contributed by atoms with Crippen LogP contribution in [-0.2, 0) is 0 Å². The van der Waals surface area contributed by atoms with Crippen LogP contribution in [0.3, 0.4) is 0 Å².